The quantitative estimate of drug-likeness (QED) is 0.839. The summed E-state index contributed by atoms with van der Waals surface area (Å²) in [5, 5.41) is 3.16. The Morgan fingerprint density at radius 3 is 2.62 bits per heavy atom. The largest absolute Gasteiger partial charge is 0.309 e. The van der Waals surface area contributed by atoms with E-state index in [0.717, 1.165) is 17.7 Å². The molecule has 0 aliphatic rings. The summed E-state index contributed by atoms with van der Waals surface area (Å²) in [5.74, 6) is 0.103. The summed E-state index contributed by atoms with van der Waals surface area (Å²) in [5.41, 5.74) is 1.96. The van der Waals surface area contributed by atoms with Crippen LogP contribution in [0.3, 0.4) is 0 Å². The molecule has 90 valence electrons. The van der Waals surface area contributed by atoms with E-state index >= 15 is 0 Å². The van der Waals surface area contributed by atoms with Crippen LogP contribution in [0.1, 0.15) is 24.1 Å². The molecule has 1 atom stereocenters. The standard InChI is InChI=1S/C11H18N2O2S/c1-4-13-11(8-16(3,14)15)10-5-9(2)6-12-7-10/h5-7,11,13H,4,8H2,1-3H3. The van der Waals surface area contributed by atoms with Crippen molar-refractivity contribution in [2.45, 2.75) is 19.9 Å². The van der Waals surface area contributed by atoms with Gasteiger partial charge in [-0.1, -0.05) is 13.0 Å². The number of hydrogen-bond acceptors (Lipinski definition) is 4. The third-order valence-corrected chi connectivity index (χ3v) is 3.16. The number of rotatable bonds is 5. The Hall–Kier alpha value is -0.940. The van der Waals surface area contributed by atoms with Crippen LogP contribution in [0.4, 0.5) is 0 Å². The summed E-state index contributed by atoms with van der Waals surface area (Å²) in [6.07, 6.45) is 4.72. The lowest BCUT2D eigenvalue weighted by atomic mass is 10.1. The Kier molecular flexibility index (Phi) is 4.44. The van der Waals surface area contributed by atoms with Crippen molar-refractivity contribution in [3.63, 3.8) is 0 Å². The summed E-state index contributed by atoms with van der Waals surface area (Å²) in [6.45, 7) is 4.63. The van der Waals surface area contributed by atoms with E-state index in [1.165, 1.54) is 6.26 Å². The molecular formula is C11H18N2O2S. The van der Waals surface area contributed by atoms with Crippen molar-refractivity contribution in [3.05, 3.63) is 29.6 Å². The van der Waals surface area contributed by atoms with Crippen LogP contribution in [0.15, 0.2) is 18.5 Å². The van der Waals surface area contributed by atoms with Crippen LogP contribution in [0.5, 0.6) is 0 Å². The van der Waals surface area contributed by atoms with Crippen molar-refractivity contribution in [2.24, 2.45) is 0 Å². The maximum atomic E-state index is 11.3. The molecule has 1 aromatic heterocycles. The molecule has 1 unspecified atom stereocenters. The molecule has 0 aliphatic heterocycles. The smallest absolute Gasteiger partial charge is 0.149 e. The van der Waals surface area contributed by atoms with Gasteiger partial charge in [0, 0.05) is 24.7 Å². The first-order valence-corrected chi connectivity index (χ1v) is 7.31. The number of pyridine rings is 1. The van der Waals surface area contributed by atoms with Crippen LogP contribution in [0.25, 0.3) is 0 Å². The number of hydrogen-bond donors (Lipinski definition) is 1. The number of aromatic nitrogens is 1. The Morgan fingerprint density at radius 2 is 2.12 bits per heavy atom. The summed E-state index contributed by atoms with van der Waals surface area (Å²) in [4.78, 5) is 4.08. The van der Waals surface area contributed by atoms with Gasteiger partial charge in [0.15, 0.2) is 0 Å². The number of nitrogens with zero attached hydrogens (tertiary/aromatic N) is 1. The zero-order valence-electron chi connectivity index (χ0n) is 9.90. The van der Waals surface area contributed by atoms with Crippen LogP contribution in [0, 0.1) is 6.92 Å². The van der Waals surface area contributed by atoms with Gasteiger partial charge in [-0.2, -0.15) is 0 Å². The molecule has 0 saturated carbocycles. The second-order valence-corrected chi connectivity index (χ2v) is 6.18. The number of aryl methyl sites for hydroxylation is 1. The molecule has 5 heteroatoms. The minimum Gasteiger partial charge on any atom is -0.309 e. The number of nitrogens with one attached hydrogen (secondary N) is 1. The normalized spacial score (nSPS) is 13.7. The van der Waals surface area contributed by atoms with Gasteiger partial charge in [-0.05, 0) is 24.6 Å². The first-order valence-electron chi connectivity index (χ1n) is 5.25. The van der Waals surface area contributed by atoms with Crippen LogP contribution in [-0.2, 0) is 9.84 Å². The van der Waals surface area contributed by atoms with Gasteiger partial charge in [0.2, 0.25) is 0 Å². The average Bonchev–Trinajstić information content (AvgIpc) is 2.15. The highest BCUT2D eigenvalue weighted by Gasteiger charge is 2.16. The van der Waals surface area contributed by atoms with Gasteiger partial charge in [0.25, 0.3) is 0 Å². The van der Waals surface area contributed by atoms with Gasteiger partial charge in [0.1, 0.15) is 9.84 Å². The van der Waals surface area contributed by atoms with Gasteiger partial charge in [0.05, 0.1) is 5.75 Å². The third kappa shape index (κ3) is 4.28. The zero-order chi connectivity index (χ0) is 12.2. The molecule has 0 amide bonds. The summed E-state index contributed by atoms with van der Waals surface area (Å²) in [6, 6.07) is 1.79. The van der Waals surface area contributed by atoms with Crippen molar-refractivity contribution in [1.82, 2.24) is 10.3 Å². The summed E-state index contributed by atoms with van der Waals surface area (Å²) >= 11 is 0. The lowest BCUT2D eigenvalue weighted by Crippen LogP contribution is -2.27. The molecule has 1 N–H and O–H groups in total. The van der Waals surface area contributed by atoms with Gasteiger partial charge in [-0.15, -0.1) is 0 Å². The average molecular weight is 242 g/mol. The molecule has 16 heavy (non-hydrogen) atoms. The fraction of sp³-hybridized carbons (Fsp3) is 0.545. The molecule has 0 saturated heterocycles. The zero-order valence-corrected chi connectivity index (χ0v) is 10.7. The Bertz CT molecular complexity index is 443. The highest BCUT2D eigenvalue weighted by Crippen LogP contribution is 2.14. The van der Waals surface area contributed by atoms with Crippen LogP contribution in [0.2, 0.25) is 0 Å². The van der Waals surface area contributed by atoms with E-state index in [1.807, 2.05) is 19.9 Å². The summed E-state index contributed by atoms with van der Waals surface area (Å²) < 4.78 is 22.6. The summed E-state index contributed by atoms with van der Waals surface area (Å²) in [7, 11) is -3.00. The van der Waals surface area contributed by atoms with Gasteiger partial charge in [-0.3, -0.25) is 4.98 Å². The van der Waals surface area contributed by atoms with E-state index in [1.54, 1.807) is 12.4 Å². The van der Waals surface area contributed by atoms with Crippen molar-refractivity contribution < 1.29 is 8.42 Å². The third-order valence-electron chi connectivity index (χ3n) is 2.22. The maximum absolute atomic E-state index is 11.3. The molecule has 0 radical (unpaired) electrons. The molecule has 0 aromatic carbocycles. The lowest BCUT2D eigenvalue weighted by molar-refractivity contribution is 0.562. The molecule has 1 heterocycles. The van der Waals surface area contributed by atoms with Gasteiger partial charge in [-0.25, -0.2) is 8.42 Å². The molecule has 0 bridgehead atoms. The van der Waals surface area contributed by atoms with E-state index < -0.39 is 9.84 Å². The van der Waals surface area contributed by atoms with Gasteiger partial charge >= 0.3 is 0 Å². The van der Waals surface area contributed by atoms with Crippen LogP contribution >= 0.6 is 0 Å². The molecular weight excluding hydrogens is 224 g/mol. The first-order chi connectivity index (χ1) is 7.42. The van der Waals surface area contributed by atoms with Crippen molar-refractivity contribution in [3.8, 4) is 0 Å². The van der Waals surface area contributed by atoms with Crippen molar-refractivity contribution >= 4 is 9.84 Å². The second kappa shape index (κ2) is 5.41. The molecule has 0 spiro atoms. The van der Waals surface area contributed by atoms with Crippen molar-refractivity contribution in [1.29, 1.82) is 0 Å². The molecule has 4 nitrogen and oxygen atoms in total. The number of sulfone groups is 1. The lowest BCUT2D eigenvalue weighted by Gasteiger charge is -2.17. The van der Waals surface area contributed by atoms with E-state index in [0.29, 0.717) is 0 Å². The maximum Gasteiger partial charge on any atom is 0.149 e. The fourth-order valence-electron chi connectivity index (χ4n) is 1.59. The van der Waals surface area contributed by atoms with E-state index in [4.69, 9.17) is 0 Å². The first kappa shape index (κ1) is 13.1. The predicted octanol–water partition coefficient (Wildman–Crippen LogP) is 1.09. The Morgan fingerprint density at radius 1 is 1.44 bits per heavy atom. The van der Waals surface area contributed by atoms with Crippen LogP contribution < -0.4 is 5.32 Å². The molecule has 0 aliphatic carbocycles. The SMILES string of the molecule is CCNC(CS(C)(=O)=O)c1cncc(C)c1. The molecule has 1 aromatic rings. The minimum absolute atomic E-state index is 0.103. The molecule has 0 fully saturated rings. The van der Waals surface area contributed by atoms with Crippen LogP contribution in [-0.4, -0.2) is 32.0 Å². The molecule has 1 rings (SSSR count). The second-order valence-electron chi connectivity index (χ2n) is 4.00. The highest BCUT2D eigenvalue weighted by molar-refractivity contribution is 7.90. The topological polar surface area (TPSA) is 59.1 Å². The van der Waals surface area contributed by atoms with E-state index in [9.17, 15) is 8.42 Å². The predicted molar refractivity (Wildman–Crippen MR) is 65.1 cm³/mol. The van der Waals surface area contributed by atoms with Gasteiger partial charge < -0.3 is 5.32 Å². The van der Waals surface area contributed by atoms with Crippen molar-refractivity contribution in [2.75, 3.05) is 18.6 Å². The Balaban J connectivity index is 2.93. The minimum atomic E-state index is -3.00. The van der Waals surface area contributed by atoms with E-state index in [-0.39, 0.29) is 11.8 Å². The highest BCUT2D eigenvalue weighted by atomic mass is 32.2. The fourth-order valence-corrected chi connectivity index (χ4v) is 2.51. The Labute approximate surface area is 97.0 Å². The van der Waals surface area contributed by atoms with E-state index in [2.05, 4.69) is 10.3 Å². The monoisotopic (exact) mass is 242 g/mol.